The van der Waals surface area contributed by atoms with Gasteiger partial charge in [-0.3, -0.25) is 4.79 Å². The Bertz CT molecular complexity index is 994. The Kier molecular flexibility index (Phi) is 4.34. The third kappa shape index (κ3) is 3.28. The molecule has 0 bridgehead atoms. The molecule has 1 amide bonds. The quantitative estimate of drug-likeness (QED) is 0.715. The molecule has 29 heavy (non-hydrogen) atoms. The summed E-state index contributed by atoms with van der Waals surface area (Å²) in [5, 5.41) is 16.4. The molecule has 5 rings (SSSR count). The predicted octanol–water partition coefficient (Wildman–Crippen LogP) is 0.442. The van der Waals surface area contributed by atoms with E-state index in [0.29, 0.717) is 54.6 Å². The molecule has 0 aliphatic carbocycles. The molecule has 0 radical (unpaired) electrons. The van der Waals surface area contributed by atoms with Crippen LogP contribution in [0.3, 0.4) is 0 Å². The smallest absolute Gasteiger partial charge is 0.249 e. The predicted molar refractivity (Wildman–Crippen MR) is 101 cm³/mol. The number of nitrogens with zero attached hydrogens (tertiary/aromatic N) is 6. The maximum atomic E-state index is 13.8. The van der Waals surface area contributed by atoms with Gasteiger partial charge >= 0.3 is 0 Å². The van der Waals surface area contributed by atoms with Crippen molar-refractivity contribution in [1.82, 2.24) is 24.9 Å². The fraction of sp³-hybridized carbons (Fsp3) is 0.556. The molecule has 3 unspecified atom stereocenters. The molecule has 9 nitrogen and oxygen atoms in total. The Morgan fingerprint density at radius 3 is 2.48 bits per heavy atom. The van der Waals surface area contributed by atoms with Crippen LogP contribution in [0, 0.1) is 0 Å². The lowest BCUT2D eigenvalue weighted by Crippen LogP contribution is -2.28. The van der Waals surface area contributed by atoms with Gasteiger partial charge in [0.05, 0.1) is 19.3 Å². The van der Waals surface area contributed by atoms with Gasteiger partial charge in [0.1, 0.15) is 18.6 Å². The number of anilines is 2. The maximum Gasteiger partial charge on any atom is 0.249 e. The third-order valence-corrected chi connectivity index (χ3v) is 5.53. The average Bonchev–Trinajstić information content (AvgIpc) is 3.45. The second-order valence-electron chi connectivity index (χ2n) is 7.69. The van der Waals surface area contributed by atoms with E-state index >= 15 is 0 Å². The lowest BCUT2D eigenvalue weighted by Gasteiger charge is -2.21. The van der Waals surface area contributed by atoms with E-state index in [4.69, 9.17) is 0 Å². The number of carbonyl (C=O) groups is 1. The first-order valence-electron chi connectivity index (χ1n) is 9.71. The zero-order valence-electron chi connectivity index (χ0n) is 15.6. The van der Waals surface area contributed by atoms with Crippen molar-refractivity contribution in [3.8, 4) is 0 Å². The van der Waals surface area contributed by atoms with Gasteiger partial charge in [-0.05, 0) is 18.9 Å². The molecule has 154 valence electrons. The van der Waals surface area contributed by atoms with Crippen LogP contribution in [-0.2, 0) is 4.79 Å². The highest BCUT2D eigenvalue weighted by atomic mass is 19.1. The van der Waals surface area contributed by atoms with Crippen molar-refractivity contribution in [2.24, 2.45) is 0 Å². The van der Waals surface area contributed by atoms with Crippen LogP contribution < -0.4 is 15.1 Å². The van der Waals surface area contributed by atoms with Crippen LogP contribution in [0.4, 0.5) is 20.7 Å². The van der Waals surface area contributed by atoms with E-state index < -0.39 is 18.6 Å². The van der Waals surface area contributed by atoms with E-state index in [2.05, 4.69) is 20.4 Å². The van der Waals surface area contributed by atoms with Crippen molar-refractivity contribution < 1.29 is 18.7 Å². The SMILES string of the molecule is O=C1NC(O)C/C1=C\c1cnn2c(N3CCC(F)C3)nc(N3CCC(F)C3)nc12. The highest BCUT2D eigenvalue weighted by Gasteiger charge is 2.30. The summed E-state index contributed by atoms with van der Waals surface area (Å²) < 4.78 is 29.1. The summed E-state index contributed by atoms with van der Waals surface area (Å²) in [6.45, 7) is 1.42. The van der Waals surface area contributed by atoms with Gasteiger partial charge in [-0.25, -0.2) is 8.78 Å². The fourth-order valence-corrected chi connectivity index (χ4v) is 4.02. The van der Waals surface area contributed by atoms with Crippen LogP contribution in [0.1, 0.15) is 24.8 Å². The first-order chi connectivity index (χ1) is 14.0. The zero-order chi connectivity index (χ0) is 20.1. The normalized spacial score (nSPS) is 28.9. The monoisotopic (exact) mass is 405 g/mol. The fourth-order valence-electron chi connectivity index (χ4n) is 4.02. The van der Waals surface area contributed by atoms with Gasteiger partial charge in [0, 0.05) is 30.6 Å². The molecule has 2 aromatic rings. The van der Waals surface area contributed by atoms with E-state index in [1.165, 1.54) is 4.52 Å². The van der Waals surface area contributed by atoms with Crippen LogP contribution in [0.25, 0.3) is 11.7 Å². The van der Waals surface area contributed by atoms with Crippen molar-refractivity contribution in [2.45, 2.75) is 37.8 Å². The van der Waals surface area contributed by atoms with Gasteiger partial charge in [0.15, 0.2) is 5.65 Å². The van der Waals surface area contributed by atoms with Crippen molar-refractivity contribution in [3.63, 3.8) is 0 Å². The summed E-state index contributed by atoms with van der Waals surface area (Å²) in [6, 6.07) is 0. The molecular formula is C18H21F2N7O2. The Hall–Kier alpha value is -2.82. The Morgan fingerprint density at radius 1 is 1.14 bits per heavy atom. The maximum absolute atomic E-state index is 13.8. The number of carbonyl (C=O) groups excluding carboxylic acids is 1. The third-order valence-electron chi connectivity index (χ3n) is 5.53. The van der Waals surface area contributed by atoms with Gasteiger partial charge in [0.2, 0.25) is 17.8 Å². The molecule has 0 aromatic carbocycles. The second-order valence-corrected chi connectivity index (χ2v) is 7.69. The van der Waals surface area contributed by atoms with Crippen molar-refractivity contribution in [2.75, 3.05) is 36.0 Å². The number of aliphatic hydroxyl groups is 1. The first kappa shape index (κ1) is 18.2. The molecule has 5 heterocycles. The molecule has 0 saturated carbocycles. The number of hydrogen-bond donors (Lipinski definition) is 2. The van der Waals surface area contributed by atoms with Crippen LogP contribution in [0.15, 0.2) is 11.8 Å². The Balaban J connectivity index is 1.61. The summed E-state index contributed by atoms with van der Waals surface area (Å²) >= 11 is 0. The molecule has 3 aliphatic heterocycles. The standard InChI is InChI=1S/C18H21F2N7O2/c19-12-1-3-25(8-12)17-23-15-11(5-10-6-14(28)22-16(10)29)7-21-27(15)18(24-17)26-4-2-13(20)9-26/h5,7,12-14,28H,1-4,6,8-9H2,(H,22,29)/b10-5+. The first-order valence-corrected chi connectivity index (χ1v) is 9.71. The van der Waals surface area contributed by atoms with Crippen LogP contribution >= 0.6 is 0 Å². The highest BCUT2D eigenvalue weighted by Crippen LogP contribution is 2.28. The van der Waals surface area contributed by atoms with E-state index in [9.17, 15) is 18.7 Å². The van der Waals surface area contributed by atoms with Gasteiger partial charge in [-0.1, -0.05) is 0 Å². The number of halogens is 2. The van der Waals surface area contributed by atoms with Gasteiger partial charge < -0.3 is 20.2 Å². The second kappa shape index (κ2) is 6.90. The molecule has 11 heteroatoms. The summed E-state index contributed by atoms with van der Waals surface area (Å²) in [6.07, 6.45) is 1.43. The molecule has 2 aromatic heterocycles. The lowest BCUT2D eigenvalue weighted by molar-refractivity contribution is -0.117. The largest absolute Gasteiger partial charge is 0.373 e. The summed E-state index contributed by atoms with van der Waals surface area (Å²) in [4.78, 5) is 24.7. The zero-order valence-corrected chi connectivity index (χ0v) is 15.6. The summed E-state index contributed by atoms with van der Waals surface area (Å²) in [7, 11) is 0. The highest BCUT2D eigenvalue weighted by molar-refractivity contribution is 6.00. The minimum Gasteiger partial charge on any atom is -0.373 e. The van der Waals surface area contributed by atoms with Gasteiger partial charge in [-0.15, -0.1) is 0 Å². The van der Waals surface area contributed by atoms with E-state index in [0.717, 1.165) is 0 Å². The number of amides is 1. The van der Waals surface area contributed by atoms with Crippen LogP contribution in [0.2, 0.25) is 0 Å². The molecular weight excluding hydrogens is 384 g/mol. The van der Waals surface area contributed by atoms with Gasteiger partial charge in [0.25, 0.3) is 0 Å². The Morgan fingerprint density at radius 2 is 1.86 bits per heavy atom. The Labute approximate surface area is 165 Å². The topological polar surface area (TPSA) is 98.9 Å². The average molecular weight is 405 g/mol. The molecule has 3 aliphatic rings. The van der Waals surface area contributed by atoms with Crippen molar-refractivity contribution in [1.29, 1.82) is 0 Å². The van der Waals surface area contributed by atoms with Crippen molar-refractivity contribution in [3.05, 3.63) is 17.3 Å². The minimum absolute atomic E-state index is 0.187. The van der Waals surface area contributed by atoms with E-state index in [1.807, 2.05) is 4.90 Å². The summed E-state index contributed by atoms with van der Waals surface area (Å²) in [5.74, 6) is 0.477. The van der Waals surface area contributed by atoms with Crippen LogP contribution in [-0.4, -0.2) is 75.3 Å². The van der Waals surface area contributed by atoms with Crippen LogP contribution in [0.5, 0.6) is 0 Å². The van der Waals surface area contributed by atoms with E-state index in [1.54, 1.807) is 17.2 Å². The number of rotatable bonds is 3. The molecule has 2 N–H and O–H groups in total. The molecule has 3 fully saturated rings. The van der Waals surface area contributed by atoms with E-state index in [-0.39, 0.29) is 25.4 Å². The molecule has 3 atom stereocenters. The molecule has 3 saturated heterocycles. The number of nitrogens with one attached hydrogen (secondary N) is 1. The number of aromatic nitrogens is 4. The number of fused-ring (bicyclic) bond motifs is 1. The number of aliphatic hydroxyl groups excluding tert-OH is 1. The van der Waals surface area contributed by atoms with Gasteiger partial charge in [-0.2, -0.15) is 19.6 Å². The number of alkyl halides is 2. The minimum atomic E-state index is -0.939. The summed E-state index contributed by atoms with van der Waals surface area (Å²) in [5.41, 5.74) is 1.46. The number of hydrogen-bond acceptors (Lipinski definition) is 7. The van der Waals surface area contributed by atoms with Crippen molar-refractivity contribution >= 4 is 29.5 Å². The lowest BCUT2D eigenvalue weighted by atomic mass is 10.1. The molecule has 0 spiro atoms.